The van der Waals surface area contributed by atoms with Gasteiger partial charge in [-0.1, -0.05) is 224 Å². The van der Waals surface area contributed by atoms with Crippen LogP contribution in [-0.2, 0) is 14.3 Å². The first-order valence-corrected chi connectivity index (χ1v) is 25.6. The van der Waals surface area contributed by atoms with Crippen LogP contribution in [0.25, 0.3) is 0 Å². The average molecular weight is 818 g/mol. The summed E-state index contributed by atoms with van der Waals surface area (Å²) in [5.74, 6) is -0.0881. The van der Waals surface area contributed by atoms with Crippen LogP contribution >= 0.6 is 0 Å². The van der Waals surface area contributed by atoms with Crippen LogP contribution in [0.4, 0.5) is 0 Å². The molecule has 58 heavy (non-hydrogen) atoms. The first-order valence-electron chi connectivity index (χ1n) is 25.6. The van der Waals surface area contributed by atoms with Gasteiger partial charge in [-0.3, -0.25) is 9.59 Å². The van der Waals surface area contributed by atoms with Crippen molar-refractivity contribution in [1.29, 1.82) is 0 Å². The molecule has 0 rings (SSSR count). The first kappa shape index (κ1) is 56.3. The maximum atomic E-state index is 12.4. The number of amides is 1. The smallest absolute Gasteiger partial charge is 0.305 e. The third kappa shape index (κ3) is 43.9. The predicted octanol–water partition coefficient (Wildman–Crippen LogP) is 15.1. The summed E-state index contributed by atoms with van der Waals surface area (Å²) in [5.41, 5.74) is 0. The van der Waals surface area contributed by atoms with Crippen LogP contribution in [0.1, 0.15) is 271 Å². The average Bonchev–Trinajstić information content (AvgIpc) is 3.22. The Morgan fingerprint density at radius 3 is 1.22 bits per heavy atom. The molecule has 6 heteroatoms. The number of esters is 1. The fourth-order valence-electron chi connectivity index (χ4n) is 7.74. The maximum Gasteiger partial charge on any atom is 0.305 e. The highest BCUT2D eigenvalue weighted by Crippen LogP contribution is 2.15. The van der Waals surface area contributed by atoms with Crippen molar-refractivity contribution < 1.29 is 24.5 Å². The molecule has 0 saturated carbocycles. The van der Waals surface area contributed by atoms with Gasteiger partial charge in [0.15, 0.2) is 0 Å². The van der Waals surface area contributed by atoms with Crippen LogP contribution in [0, 0.1) is 0 Å². The molecular weight excluding hydrogens is 719 g/mol. The Kier molecular flexibility index (Phi) is 46.6. The zero-order chi connectivity index (χ0) is 42.3. The van der Waals surface area contributed by atoms with Crippen LogP contribution < -0.4 is 5.32 Å². The van der Waals surface area contributed by atoms with E-state index in [2.05, 4.69) is 31.3 Å². The molecule has 0 aromatic rings. The number of nitrogens with one attached hydrogen (secondary N) is 1. The van der Waals surface area contributed by atoms with Crippen molar-refractivity contribution in [2.75, 3.05) is 13.2 Å². The molecule has 0 heterocycles. The van der Waals surface area contributed by atoms with Gasteiger partial charge in [0.25, 0.3) is 0 Å². The minimum atomic E-state index is -0.849. The highest BCUT2D eigenvalue weighted by Gasteiger charge is 2.18. The number of carbonyl (C=O) groups is 2. The minimum Gasteiger partial charge on any atom is -0.466 e. The second-order valence-corrected chi connectivity index (χ2v) is 17.5. The number of hydrogen-bond donors (Lipinski definition) is 3. The van der Waals surface area contributed by atoms with Crippen molar-refractivity contribution in [2.45, 2.75) is 283 Å². The number of hydrogen-bond acceptors (Lipinski definition) is 5. The molecule has 2 atom stereocenters. The molecule has 1 amide bonds. The Hall–Kier alpha value is -1.66. The van der Waals surface area contributed by atoms with Gasteiger partial charge >= 0.3 is 5.97 Å². The van der Waals surface area contributed by atoms with Gasteiger partial charge in [0.05, 0.1) is 25.4 Å². The Morgan fingerprint density at radius 1 is 0.466 bits per heavy atom. The van der Waals surface area contributed by atoms with Crippen LogP contribution in [0.3, 0.4) is 0 Å². The van der Waals surface area contributed by atoms with Gasteiger partial charge in [-0.2, -0.15) is 0 Å². The van der Waals surface area contributed by atoms with Gasteiger partial charge in [0.1, 0.15) is 0 Å². The zero-order valence-corrected chi connectivity index (χ0v) is 38.8. The lowest BCUT2D eigenvalue weighted by molar-refractivity contribution is -0.143. The van der Waals surface area contributed by atoms with Gasteiger partial charge in [0, 0.05) is 12.8 Å². The summed E-state index contributed by atoms with van der Waals surface area (Å²) < 4.78 is 5.47. The predicted molar refractivity (Wildman–Crippen MR) is 250 cm³/mol. The normalized spacial score (nSPS) is 12.8. The van der Waals surface area contributed by atoms with Gasteiger partial charge in [-0.05, 0) is 57.8 Å². The number of unbranched alkanes of at least 4 members (excludes halogenated alkanes) is 34. The Bertz CT molecular complexity index is 904. The molecule has 342 valence electrons. The number of aliphatic hydroxyl groups excluding tert-OH is 2. The monoisotopic (exact) mass is 818 g/mol. The molecule has 0 aliphatic carbocycles. The van der Waals surface area contributed by atoms with Crippen molar-refractivity contribution in [1.82, 2.24) is 5.32 Å². The van der Waals surface area contributed by atoms with E-state index in [0.717, 1.165) is 57.8 Å². The second-order valence-electron chi connectivity index (χ2n) is 17.5. The first-order chi connectivity index (χ1) is 28.5. The molecule has 0 fully saturated rings. The summed E-state index contributed by atoms with van der Waals surface area (Å²) in [6, 6.07) is -0.634. The summed E-state index contributed by atoms with van der Waals surface area (Å²) in [6.45, 7) is 4.85. The lowest BCUT2D eigenvalue weighted by Crippen LogP contribution is -2.45. The molecule has 0 aliphatic rings. The van der Waals surface area contributed by atoms with E-state index in [0.29, 0.717) is 19.4 Å². The van der Waals surface area contributed by atoms with E-state index in [1.165, 1.54) is 186 Å². The highest BCUT2D eigenvalue weighted by molar-refractivity contribution is 5.76. The summed E-state index contributed by atoms with van der Waals surface area (Å²) in [6.07, 6.45) is 56.1. The van der Waals surface area contributed by atoms with Crippen molar-refractivity contribution in [3.8, 4) is 0 Å². The molecule has 0 saturated heterocycles. The maximum absolute atomic E-state index is 12.4. The molecule has 0 spiro atoms. The number of aliphatic hydroxyl groups is 2. The standard InChI is InChI=1S/C52H99NO5/c1-3-5-7-9-11-13-15-16-17-18-19-23-26-30-34-38-42-46-52(57)58-47-43-39-35-31-27-24-21-20-22-25-29-33-37-41-45-51(56)53-49(48-54)50(55)44-40-36-32-28-14-12-10-8-6-4-2/h16-17,40,44,49-50,54-55H,3-15,18-39,41-43,45-48H2,1-2H3,(H,53,56)/b17-16-,44-40+. The molecular formula is C52H99NO5. The molecule has 0 aromatic carbocycles. The Labute approximate surface area is 361 Å². The highest BCUT2D eigenvalue weighted by atomic mass is 16.5. The fourth-order valence-corrected chi connectivity index (χ4v) is 7.74. The molecule has 6 nitrogen and oxygen atoms in total. The van der Waals surface area contributed by atoms with Gasteiger partial charge < -0.3 is 20.3 Å². The largest absolute Gasteiger partial charge is 0.466 e. The van der Waals surface area contributed by atoms with E-state index < -0.39 is 12.1 Å². The van der Waals surface area contributed by atoms with E-state index in [-0.39, 0.29) is 18.5 Å². The van der Waals surface area contributed by atoms with Crippen LogP contribution in [0.15, 0.2) is 24.3 Å². The van der Waals surface area contributed by atoms with Gasteiger partial charge in [-0.25, -0.2) is 0 Å². The number of ether oxygens (including phenoxy) is 1. The summed E-state index contributed by atoms with van der Waals surface area (Å²) in [7, 11) is 0. The van der Waals surface area contributed by atoms with E-state index >= 15 is 0 Å². The van der Waals surface area contributed by atoms with Gasteiger partial charge in [-0.15, -0.1) is 0 Å². The Balaban J connectivity index is 3.43. The Morgan fingerprint density at radius 2 is 0.810 bits per heavy atom. The SMILES string of the molecule is CCCCCCCC/C=C\CCCCCCCCCC(=O)OCCCCCCCCCCCCCCCCC(=O)NC(CO)C(O)/C=C/CCCCCCCCCC. The summed E-state index contributed by atoms with van der Waals surface area (Å²) >= 11 is 0. The van der Waals surface area contributed by atoms with E-state index in [1.807, 2.05) is 6.08 Å². The second kappa shape index (κ2) is 48.0. The third-order valence-corrected chi connectivity index (χ3v) is 11.7. The minimum absolute atomic E-state index is 0.00736. The topological polar surface area (TPSA) is 95.9 Å². The van der Waals surface area contributed by atoms with Gasteiger partial charge in [0.2, 0.25) is 5.91 Å². The summed E-state index contributed by atoms with van der Waals surface area (Å²) in [5, 5.41) is 22.9. The van der Waals surface area contributed by atoms with E-state index in [1.54, 1.807) is 6.08 Å². The number of carbonyl (C=O) groups excluding carboxylic acids is 2. The number of rotatable bonds is 47. The van der Waals surface area contributed by atoms with Crippen molar-refractivity contribution in [3.63, 3.8) is 0 Å². The number of allylic oxidation sites excluding steroid dienone is 3. The van der Waals surface area contributed by atoms with Crippen molar-refractivity contribution in [3.05, 3.63) is 24.3 Å². The van der Waals surface area contributed by atoms with Crippen LogP contribution in [0.2, 0.25) is 0 Å². The molecule has 0 aliphatic heterocycles. The van der Waals surface area contributed by atoms with Crippen LogP contribution in [-0.4, -0.2) is 47.4 Å². The van der Waals surface area contributed by atoms with Crippen molar-refractivity contribution >= 4 is 11.9 Å². The quantitative estimate of drug-likeness (QED) is 0.0323. The lowest BCUT2D eigenvalue weighted by atomic mass is 10.0. The van der Waals surface area contributed by atoms with E-state index in [9.17, 15) is 19.8 Å². The third-order valence-electron chi connectivity index (χ3n) is 11.7. The van der Waals surface area contributed by atoms with Crippen molar-refractivity contribution in [2.24, 2.45) is 0 Å². The molecule has 0 bridgehead atoms. The molecule has 0 radical (unpaired) electrons. The fraction of sp³-hybridized carbons (Fsp3) is 0.885. The van der Waals surface area contributed by atoms with E-state index in [4.69, 9.17) is 4.74 Å². The zero-order valence-electron chi connectivity index (χ0n) is 38.8. The molecule has 2 unspecified atom stereocenters. The summed E-state index contributed by atoms with van der Waals surface area (Å²) in [4.78, 5) is 24.4. The van der Waals surface area contributed by atoms with Crippen LogP contribution in [0.5, 0.6) is 0 Å². The lowest BCUT2D eigenvalue weighted by Gasteiger charge is -2.20. The molecule has 0 aromatic heterocycles. The molecule has 3 N–H and O–H groups in total.